The number of nitrogens with one attached hydrogen (secondary N) is 1. The molecular weight excluding hydrogens is 308 g/mol. The maximum absolute atomic E-state index is 10.9. The van der Waals surface area contributed by atoms with Crippen molar-refractivity contribution < 1.29 is 10.0 Å². The summed E-state index contributed by atoms with van der Waals surface area (Å²) in [7, 11) is 0. The Labute approximate surface area is 140 Å². The van der Waals surface area contributed by atoms with Gasteiger partial charge in [-0.3, -0.25) is 10.1 Å². The van der Waals surface area contributed by atoms with E-state index < -0.39 is 4.92 Å². The number of aliphatic hydroxyl groups excluding tert-OH is 1. The monoisotopic (exact) mass is 330 g/mol. The number of hydrogen-bond acceptors (Lipinski definition) is 6. The van der Waals surface area contributed by atoms with E-state index in [9.17, 15) is 10.1 Å². The molecule has 0 fully saturated rings. The molecule has 2 N–H and O–H groups in total. The Bertz CT molecular complexity index is 732. The minimum Gasteiger partial charge on any atom is -0.396 e. The topological polar surface area (TPSA) is 101 Å². The zero-order chi connectivity index (χ0) is 17.7. The van der Waals surface area contributed by atoms with E-state index in [2.05, 4.69) is 29.1 Å². The number of aliphatic hydroxyl groups is 1. The lowest BCUT2D eigenvalue weighted by Gasteiger charge is -2.24. The fourth-order valence-corrected chi connectivity index (χ4v) is 2.27. The van der Waals surface area contributed by atoms with Crippen molar-refractivity contribution in [1.29, 1.82) is 0 Å². The van der Waals surface area contributed by atoms with E-state index in [1.54, 1.807) is 12.1 Å². The van der Waals surface area contributed by atoms with Crippen LogP contribution in [0.1, 0.15) is 26.0 Å². The predicted octanol–water partition coefficient (Wildman–Crippen LogP) is 3.18. The fourth-order valence-electron chi connectivity index (χ4n) is 2.27. The van der Waals surface area contributed by atoms with Gasteiger partial charge in [-0.15, -0.1) is 0 Å². The zero-order valence-corrected chi connectivity index (χ0v) is 14.1. The third kappa shape index (κ3) is 4.73. The average Bonchev–Trinajstić information content (AvgIpc) is 2.53. The van der Waals surface area contributed by atoms with Gasteiger partial charge in [-0.05, 0) is 18.8 Å². The van der Waals surface area contributed by atoms with Crippen molar-refractivity contribution in [2.45, 2.75) is 27.2 Å². The van der Waals surface area contributed by atoms with Crippen LogP contribution in [-0.4, -0.2) is 33.1 Å². The number of anilines is 1. The summed E-state index contributed by atoms with van der Waals surface area (Å²) in [4.78, 5) is 19.3. The first kappa shape index (κ1) is 17.8. The maximum atomic E-state index is 10.9. The van der Waals surface area contributed by atoms with E-state index in [4.69, 9.17) is 5.11 Å². The first-order valence-corrected chi connectivity index (χ1v) is 7.76. The molecule has 0 saturated carbocycles. The fraction of sp³-hybridized carbons (Fsp3) is 0.412. The standard InChI is InChI=1S/C17H22N4O3/c1-12-9-15(18-11-17(2,3)7-8-22)20-16(19-12)13-5-4-6-14(10-13)21(23)24/h4-6,9-10,22H,7-8,11H2,1-3H3,(H,18,19,20). The van der Waals surface area contributed by atoms with Crippen LogP contribution in [-0.2, 0) is 0 Å². The summed E-state index contributed by atoms with van der Waals surface area (Å²) in [5.41, 5.74) is 1.31. The lowest BCUT2D eigenvalue weighted by molar-refractivity contribution is -0.384. The Kier molecular flexibility index (Phi) is 5.46. The summed E-state index contributed by atoms with van der Waals surface area (Å²) in [5.74, 6) is 1.11. The minimum atomic E-state index is -0.435. The molecule has 0 bridgehead atoms. The summed E-state index contributed by atoms with van der Waals surface area (Å²) in [6, 6.07) is 8.11. The highest BCUT2D eigenvalue weighted by atomic mass is 16.6. The highest BCUT2D eigenvalue weighted by Gasteiger charge is 2.17. The van der Waals surface area contributed by atoms with Crippen LogP contribution in [0.3, 0.4) is 0 Å². The molecule has 0 spiro atoms. The van der Waals surface area contributed by atoms with E-state index in [-0.39, 0.29) is 17.7 Å². The summed E-state index contributed by atoms with van der Waals surface area (Å²) in [6.45, 7) is 6.76. The van der Waals surface area contributed by atoms with Crippen molar-refractivity contribution in [2.24, 2.45) is 5.41 Å². The van der Waals surface area contributed by atoms with Crippen LogP contribution in [0.15, 0.2) is 30.3 Å². The van der Waals surface area contributed by atoms with Crippen LogP contribution in [0.5, 0.6) is 0 Å². The molecule has 2 aromatic rings. The Morgan fingerprint density at radius 3 is 2.71 bits per heavy atom. The van der Waals surface area contributed by atoms with Gasteiger partial charge in [0.2, 0.25) is 0 Å². The molecule has 7 nitrogen and oxygen atoms in total. The van der Waals surface area contributed by atoms with Gasteiger partial charge in [0.25, 0.3) is 5.69 Å². The maximum Gasteiger partial charge on any atom is 0.270 e. The largest absolute Gasteiger partial charge is 0.396 e. The van der Waals surface area contributed by atoms with Crippen LogP contribution in [0.2, 0.25) is 0 Å². The smallest absolute Gasteiger partial charge is 0.270 e. The van der Waals surface area contributed by atoms with E-state index in [1.165, 1.54) is 12.1 Å². The van der Waals surface area contributed by atoms with Crippen molar-refractivity contribution >= 4 is 11.5 Å². The molecule has 0 amide bonds. The summed E-state index contributed by atoms with van der Waals surface area (Å²) >= 11 is 0. The second kappa shape index (κ2) is 7.35. The number of rotatable bonds is 7. The molecule has 0 aliphatic rings. The van der Waals surface area contributed by atoms with E-state index >= 15 is 0 Å². The van der Waals surface area contributed by atoms with Crippen LogP contribution >= 0.6 is 0 Å². The second-order valence-electron chi connectivity index (χ2n) is 6.52. The molecule has 0 saturated heterocycles. The molecule has 0 radical (unpaired) electrons. The lowest BCUT2D eigenvalue weighted by Crippen LogP contribution is -2.24. The van der Waals surface area contributed by atoms with E-state index in [0.29, 0.717) is 30.2 Å². The molecular formula is C17H22N4O3. The Morgan fingerprint density at radius 2 is 2.04 bits per heavy atom. The zero-order valence-electron chi connectivity index (χ0n) is 14.1. The number of nitrogens with zero attached hydrogens (tertiary/aromatic N) is 3. The molecule has 0 unspecified atom stereocenters. The lowest BCUT2D eigenvalue weighted by atomic mass is 9.90. The third-order valence-electron chi connectivity index (χ3n) is 3.71. The highest BCUT2D eigenvalue weighted by Crippen LogP contribution is 2.24. The number of benzene rings is 1. The van der Waals surface area contributed by atoms with Gasteiger partial charge in [0.05, 0.1) is 4.92 Å². The normalized spacial score (nSPS) is 11.3. The molecule has 128 valence electrons. The summed E-state index contributed by atoms with van der Waals surface area (Å²) < 4.78 is 0. The average molecular weight is 330 g/mol. The highest BCUT2D eigenvalue weighted by molar-refractivity contribution is 5.61. The first-order valence-electron chi connectivity index (χ1n) is 7.76. The van der Waals surface area contributed by atoms with E-state index in [1.807, 2.05) is 13.0 Å². The van der Waals surface area contributed by atoms with Crippen molar-refractivity contribution in [3.05, 3.63) is 46.1 Å². The Balaban J connectivity index is 2.25. The molecule has 0 aliphatic heterocycles. The molecule has 7 heteroatoms. The SMILES string of the molecule is Cc1cc(NCC(C)(C)CCO)nc(-c2cccc([N+](=O)[O-])c2)n1. The van der Waals surface area contributed by atoms with Crippen molar-refractivity contribution in [3.8, 4) is 11.4 Å². The minimum absolute atomic E-state index is 0.0104. The molecule has 1 aromatic heterocycles. The molecule has 1 aromatic carbocycles. The quantitative estimate of drug-likeness (QED) is 0.597. The van der Waals surface area contributed by atoms with Gasteiger partial charge >= 0.3 is 0 Å². The van der Waals surface area contributed by atoms with E-state index in [0.717, 1.165) is 5.69 Å². The predicted molar refractivity (Wildman–Crippen MR) is 92.8 cm³/mol. The molecule has 2 rings (SSSR count). The van der Waals surface area contributed by atoms with Gasteiger partial charge in [0.15, 0.2) is 5.82 Å². The van der Waals surface area contributed by atoms with Crippen molar-refractivity contribution in [2.75, 3.05) is 18.5 Å². The third-order valence-corrected chi connectivity index (χ3v) is 3.71. The van der Waals surface area contributed by atoms with Gasteiger partial charge < -0.3 is 10.4 Å². The van der Waals surface area contributed by atoms with Gasteiger partial charge in [0, 0.05) is 42.6 Å². The van der Waals surface area contributed by atoms with Gasteiger partial charge in [-0.2, -0.15) is 0 Å². The number of aromatic nitrogens is 2. The number of nitro benzene ring substituents is 1. The van der Waals surface area contributed by atoms with Crippen LogP contribution in [0, 0.1) is 22.5 Å². The Morgan fingerprint density at radius 1 is 1.29 bits per heavy atom. The number of hydrogen-bond donors (Lipinski definition) is 2. The van der Waals surface area contributed by atoms with Gasteiger partial charge in [-0.25, -0.2) is 9.97 Å². The van der Waals surface area contributed by atoms with Gasteiger partial charge in [0.1, 0.15) is 5.82 Å². The van der Waals surface area contributed by atoms with Crippen LogP contribution in [0.4, 0.5) is 11.5 Å². The number of aryl methyl sites for hydroxylation is 1. The number of non-ortho nitro benzene ring substituents is 1. The number of nitro groups is 1. The summed E-state index contributed by atoms with van der Waals surface area (Å²) in [5, 5.41) is 23.3. The first-order chi connectivity index (χ1) is 11.3. The second-order valence-corrected chi connectivity index (χ2v) is 6.52. The van der Waals surface area contributed by atoms with Crippen molar-refractivity contribution in [3.63, 3.8) is 0 Å². The summed E-state index contributed by atoms with van der Waals surface area (Å²) in [6.07, 6.45) is 0.682. The van der Waals surface area contributed by atoms with Gasteiger partial charge in [-0.1, -0.05) is 26.0 Å². The molecule has 1 heterocycles. The van der Waals surface area contributed by atoms with Crippen LogP contribution in [0.25, 0.3) is 11.4 Å². The van der Waals surface area contributed by atoms with Crippen LogP contribution < -0.4 is 5.32 Å². The van der Waals surface area contributed by atoms with Crippen molar-refractivity contribution in [1.82, 2.24) is 9.97 Å². The molecule has 0 aliphatic carbocycles. The molecule has 24 heavy (non-hydrogen) atoms. The molecule has 0 atom stereocenters. The Hall–Kier alpha value is -2.54.